The van der Waals surface area contributed by atoms with E-state index < -0.39 is 0 Å². The van der Waals surface area contributed by atoms with E-state index >= 15 is 0 Å². The number of benzene rings is 1. The van der Waals surface area contributed by atoms with E-state index in [9.17, 15) is 5.11 Å². The highest BCUT2D eigenvalue weighted by Crippen LogP contribution is 2.26. The zero-order valence-electron chi connectivity index (χ0n) is 10.9. The molecule has 4 nitrogen and oxygen atoms in total. The number of imidazole rings is 1. The van der Waals surface area contributed by atoms with Crippen molar-refractivity contribution in [1.29, 1.82) is 0 Å². The summed E-state index contributed by atoms with van der Waals surface area (Å²) in [6.45, 7) is 3.84. The molecule has 1 aromatic carbocycles. The Labute approximate surface area is 118 Å². The van der Waals surface area contributed by atoms with Gasteiger partial charge >= 0.3 is 0 Å². The molecule has 0 radical (unpaired) electrons. The van der Waals surface area contributed by atoms with E-state index in [1.54, 1.807) is 18.3 Å². The molecule has 0 aliphatic carbocycles. The van der Waals surface area contributed by atoms with E-state index in [0.717, 1.165) is 25.1 Å². The van der Waals surface area contributed by atoms with Crippen LogP contribution in [-0.4, -0.2) is 21.2 Å². The fourth-order valence-electron chi connectivity index (χ4n) is 1.99. The average molecular weight is 280 g/mol. The first-order chi connectivity index (χ1) is 9.16. The Morgan fingerprint density at radius 3 is 3.00 bits per heavy atom. The molecule has 102 valence electrons. The van der Waals surface area contributed by atoms with E-state index in [4.69, 9.17) is 11.6 Å². The number of rotatable bonds is 6. The van der Waals surface area contributed by atoms with Crippen molar-refractivity contribution < 1.29 is 5.11 Å². The van der Waals surface area contributed by atoms with Gasteiger partial charge in [0.2, 0.25) is 0 Å². The van der Waals surface area contributed by atoms with Gasteiger partial charge in [-0.2, -0.15) is 0 Å². The van der Waals surface area contributed by atoms with Crippen molar-refractivity contribution in [1.82, 2.24) is 14.9 Å². The molecule has 0 aliphatic rings. The first-order valence-corrected chi connectivity index (χ1v) is 6.72. The molecule has 1 unspecified atom stereocenters. The second kappa shape index (κ2) is 6.59. The predicted molar refractivity (Wildman–Crippen MR) is 76.4 cm³/mol. The molecule has 0 fully saturated rings. The Morgan fingerprint density at radius 1 is 1.47 bits per heavy atom. The van der Waals surface area contributed by atoms with E-state index in [2.05, 4.69) is 10.3 Å². The lowest BCUT2D eigenvalue weighted by Gasteiger charge is -2.15. The first kappa shape index (κ1) is 13.9. The zero-order valence-corrected chi connectivity index (χ0v) is 11.6. The van der Waals surface area contributed by atoms with Crippen molar-refractivity contribution in [2.75, 3.05) is 6.54 Å². The summed E-state index contributed by atoms with van der Waals surface area (Å²) in [6.07, 6.45) is 6.56. The van der Waals surface area contributed by atoms with Crippen LogP contribution >= 0.6 is 11.6 Å². The summed E-state index contributed by atoms with van der Waals surface area (Å²) in [4.78, 5) is 4.00. The number of nitrogens with zero attached hydrogens (tertiary/aromatic N) is 2. The van der Waals surface area contributed by atoms with Crippen molar-refractivity contribution in [2.24, 2.45) is 0 Å². The number of phenolic OH excluding ortho intramolecular Hbond substituents is 1. The third kappa shape index (κ3) is 3.98. The molecule has 0 spiro atoms. The van der Waals surface area contributed by atoms with Crippen LogP contribution in [0.15, 0.2) is 36.9 Å². The first-order valence-electron chi connectivity index (χ1n) is 6.34. The number of aromatic hydroxyl groups is 1. The molecule has 0 saturated carbocycles. The highest BCUT2D eigenvalue weighted by atomic mass is 35.5. The third-order valence-electron chi connectivity index (χ3n) is 3.06. The predicted octanol–water partition coefficient (Wildman–Crippen LogP) is 2.98. The van der Waals surface area contributed by atoms with Crippen molar-refractivity contribution in [3.05, 3.63) is 47.5 Å². The molecule has 0 aliphatic heterocycles. The molecule has 1 heterocycles. The van der Waals surface area contributed by atoms with E-state index in [0.29, 0.717) is 5.02 Å². The van der Waals surface area contributed by atoms with Crippen molar-refractivity contribution in [3.8, 4) is 5.75 Å². The Hall–Kier alpha value is -1.52. The van der Waals surface area contributed by atoms with Gasteiger partial charge in [-0.05, 0) is 32.0 Å². The van der Waals surface area contributed by atoms with Crippen LogP contribution < -0.4 is 5.32 Å². The SMILES string of the molecule is CC(NCCCn1ccnc1)c1ccc(Cl)cc1O. The minimum absolute atomic E-state index is 0.0973. The van der Waals surface area contributed by atoms with Gasteiger partial charge in [-0.15, -0.1) is 0 Å². The molecular weight excluding hydrogens is 262 g/mol. The maximum Gasteiger partial charge on any atom is 0.121 e. The van der Waals surface area contributed by atoms with E-state index in [1.807, 2.05) is 30.1 Å². The Morgan fingerprint density at radius 2 is 2.32 bits per heavy atom. The second-order valence-corrected chi connectivity index (χ2v) is 4.97. The van der Waals surface area contributed by atoms with Crippen LogP contribution in [0.1, 0.15) is 24.9 Å². The van der Waals surface area contributed by atoms with Gasteiger partial charge in [0.1, 0.15) is 5.75 Å². The molecule has 1 aromatic heterocycles. The average Bonchev–Trinajstić information content (AvgIpc) is 2.87. The zero-order chi connectivity index (χ0) is 13.7. The summed E-state index contributed by atoms with van der Waals surface area (Å²) >= 11 is 5.82. The third-order valence-corrected chi connectivity index (χ3v) is 3.30. The monoisotopic (exact) mass is 279 g/mol. The van der Waals surface area contributed by atoms with Crippen LogP contribution in [-0.2, 0) is 6.54 Å². The number of hydrogen-bond acceptors (Lipinski definition) is 3. The van der Waals surface area contributed by atoms with Crippen molar-refractivity contribution >= 4 is 11.6 Å². The Bertz CT molecular complexity index is 513. The van der Waals surface area contributed by atoms with Gasteiger partial charge in [-0.1, -0.05) is 17.7 Å². The minimum atomic E-state index is 0.0973. The van der Waals surface area contributed by atoms with E-state index in [1.165, 1.54) is 0 Å². The largest absolute Gasteiger partial charge is 0.508 e. The number of aromatic nitrogens is 2. The molecule has 1 atom stereocenters. The van der Waals surface area contributed by atoms with Gasteiger partial charge in [0.25, 0.3) is 0 Å². The molecule has 2 aromatic rings. The fourth-order valence-corrected chi connectivity index (χ4v) is 2.16. The normalized spacial score (nSPS) is 12.5. The highest BCUT2D eigenvalue weighted by molar-refractivity contribution is 6.30. The van der Waals surface area contributed by atoms with Crippen molar-refractivity contribution in [2.45, 2.75) is 25.9 Å². The van der Waals surface area contributed by atoms with Crippen LogP contribution in [0.3, 0.4) is 0 Å². The smallest absolute Gasteiger partial charge is 0.121 e. The van der Waals surface area contributed by atoms with Crippen LogP contribution in [0.5, 0.6) is 5.75 Å². The van der Waals surface area contributed by atoms with E-state index in [-0.39, 0.29) is 11.8 Å². The lowest BCUT2D eigenvalue weighted by Crippen LogP contribution is -2.21. The molecule has 2 rings (SSSR count). The number of nitrogens with one attached hydrogen (secondary N) is 1. The molecule has 19 heavy (non-hydrogen) atoms. The summed E-state index contributed by atoms with van der Waals surface area (Å²) in [5.41, 5.74) is 0.868. The Kier molecular flexibility index (Phi) is 4.82. The minimum Gasteiger partial charge on any atom is -0.508 e. The fraction of sp³-hybridized carbons (Fsp3) is 0.357. The van der Waals surface area contributed by atoms with Gasteiger partial charge < -0.3 is 15.0 Å². The van der Waals surface area contributed by atoms with Crippen LogP contribution in [0.25, 0.3) is 0 Å². The summed E-state index contributed by atoms with van der Waals surface area (Å²) in [5, 5.41) is 13.8. The van der Waals surface area contributed by atoms with Gasteiger partial charge in [-0.25, -0.2) is 4.98 Å². The lowest BCUT2D eigenvalue weighted by molar-refractivity contribution is 0.449. The maximum atomic E-state index is 9.83. The summed E-state index contributed by atoms with van der Waals surface area (Å²) < 4.78 is 2.05. The summed E-state index contributed by atoms with van der Waals surface area (Å²) in [6, 6.07) is 5.31. The Balaban J connectivity index is 1.79. The molecule has 0 saturated heterocycles. The topological polar surface area (TPSA) is 50.1 Å². The van der Waals surface area contributed by atoms with Gasteiger partial charge in [0.05, 0.1) is 6.33 Å². The molecule has 5 heteroatoms. The standard InChI is InChI=1S/C14H18ClN3O/c1-11(13-4-3-12(15)9-14(13)19)17-5-2-7-18-8-6-16-10-18/h3-4,6,8-11,17,19H,2,5,7H2,1H3. The van der Waals surface area contributed by atoms with Gasteiger partial charge in [0.15, 0.2) is 0 Å². The number of phenols is 1. The van der Waals surface area contributed by atoms with Gasteiger partial charge in [-0.3, -0.25) is 0 Å². The van der Waals surface area contributed by atoms with Crippen molar-refractivity contribution in [3.63, 3.8) is 0 Å². The molecule has 2 N–H and O–H groups in total. The molecular formula is C14H18ClN3O. The number of hydrogen-bond donors (Lipinski definition) is 2. The number of halogens is 1. The van der Waals surface area contributed by atoms with Crippen LogP contribution in [0, 0.1) is 0 Å². The lowest BCUT2D eigenvalue weighted by atomic mass is 10.1. The van der Waals surface area contributed by atoms with Crippen LogP contribution in [0.2, 0.25) is 5.02 Å². The highest BCUT2D eigenvalue weighted by Gasteiger charge is 2.09. The van der Waals surface area contributed by atoms with Crippen LogP contribution in [0.4, 0.5) is 0 Å². The molecule has 0 bridgehead atoms. The maximum absolute atomic E-state index is 9.83. The quantitative estimate of drug-likeness (QED) is 0.799. The summed E-state index contributed by atoms with van der Waals surface area (Å²) in [5.74, 6) is 0.238. The molecule has 0 amide bonds. The summed E-state index contributed by atoms with van der Waals surface area (Å²) in [7, 11) is 0. The van der Waals surface area contributed by atoms with Gasteiger partial charge in [0, 0.05) is 35.6 Å². The second-order valence-electron chi connectivity index (χ2n) is 4.53. The number of aryl methyl sites for hydroxylation is 1.